The van der Waals surface area contributed by atoms with E-state index in [9.17, 15) is 0 Å². The molecule has 0 radical (unpaired) electrons. The number of fused-ring (bicyclic) bond motifs is 1. The number of pyridine rings is 1. The number of rotatable bonds is 7. The van der Waals surface area contributed by atoms with E-state index < -0.39 is 0 Å². The molecule has 0 fully saturated rings. The Hall–Kier alpha value is -1.88. The van der Waals surface area contributed by atoms with Crippen LogP contribution < -0.4 is 5.32 Å². The average molecular weight is 246 g/mol. The van der Waals surface area contributed by atoms with Crippen molar-refractivity contribution in [1.82, 2.24) is 14.6 Å². The lowest BCUT2D eigenvalue weighted by atomic mass is 10.3. The zero-order chi connectivity index (χ0) is 12.8. The van der Waals surface area contributed by atoms with Crippen LogP contribution in [-0.2, 0) is 4.74 Å². The van der Waals surface area contributed by atoms with Gasteiger partial charge in [-0.05, 0) is 31.0 Å². The van der Waals surface area contributed by atoms with Gasteiger partial charge in [0.25, 0.3) is 0 Å². The fourth-order valence-electron chi connectivity index (χ4n) is 1.56. The van der Waals surface area contributed by atoms with E-state index in [1.807, 2.05) is 31.3 Å². The molecule has 2 rings (SSSR count). The van der Waals surface area contributed by atoms with E-state index in [-0.39, 0.29) is 0 Å². The molecule has 2 aromatic rings. The third-order valence-corrected chi connectivity index (χ3v) is 2.49. The van der Waals surface area contributed by atoms with Crippen LogP contribution in [0.1, 0.15) is 12.0 Å². The summed E-state index contributed by atoms with van der Waals surface area (Å²) >= 11 is 0. The van der Waals surface area contributed by atoms with Crippen molar-refractivity contribution in [3.05, 3.63) is 36.5 Å². The standard InChI is InChI=1S/C13H18N4O/c1-3-4-8-18-9-6-14-13-15-12-10-11(2)5-7-17(12)16-13/h3,5,7,10H,1,4,6,8-9H2,2H3,(H,14,16). The first kappa shape index (κ1) is 12.6. The van der Waals surface area contributed by atoms with Crippen LogP contribution in [0.4, 0.5) is 5.95 Å². The van der Waals surface area contributed by atoms with Crippen LogP contribution in [0, 0.1) is 6.92 Å². The van der Waals surface area contributed by atoms with Crippen LogP contribution in [0.2, 0.25) is 0 Å². The third kappa shape index (κ3) is 3.30. The smallest absolute Gasteiger partial charge is 0.243 e. The Labute approximate surface area is 106 Å². The van der Waals surface area contributed by atoms with E-state index in [0.29, 0.717) is 25.7 Å². The molecule has 0 atom stereocenters. The molecule has 0 saturated carbocycles. The zero-order valence-corrected chi connectivity index (χ0v) is 10.6. The van der Waals surface area contributed by atoms with E-state index in [1.165, 1.54) is 5.56 Å². The summed E-state index contributed by atoms with van der Waals surface area (Å²) in [4.78, 5) is 4.38. The molecule has 0 bridgehead atoms. The lowest BCUT2D eigenvalue weighted by Crippen LogP contribution is -2.10. The highest BCUT2D eigenvalue weighted by atomic mass is 16.5. The maximum Gasteiger partial charge on any atom is 0.243 e. The van der Waals surface area contributed by atoms with Crippen LogP contribution >= 0.6 is 0 Å². The number of hydrogen-bond acceptors (Lipinski definition) is 4. The molecule has 0 aliphatic rings. The van der Waals surface area contributed by atoms with Gasteiger partial charge in [-0.1, -0.05) is 6.08 Å². The molecule has 2 aromatic heterocycles. The molecule has 18 heavy (non-hydrogen) atoms. The maximum atomic E-state index is 5.39. The van der Waals surface area contributed by atoms with Crippen molar-refractivity contribution in [2.24, 2.45) is 0 Å². The van der Waals surface area contributed by atoms with Gasteiger partial charge in [0.2, 0.25) is 5.95 Å². The molecule has 5 heteroatoms. The molecule has 0 unspecified atom stereocenters. The van der Waals surface area contributed by atoms with Crippen molar-refractivity contribution in [2.45, 2.75) is 13.3 Å². The molecule has 5 nitrogen and oxygen atoms in total. The number of hydrogen-bond donors (Lipinski definition) is 1. The Morgan fingerprint density at radius 3 is 3.22 bits per heavy atom. The van der Waals surface area contributed by atoms with Crippen molar-refractivity contribution >= 4 is 11.6 Å². The Kier molecular flexibility index (Phi) is 4.30. The van der Waals surface area contributed by atoms with E-state index >= 15 is 0 Å². The summed E-state index contributed by atoms with van der Waals surface area (Å²) in [6.07, 6.45) is 4.63. The van der Waals surface area contributed by atoms with Gasteiger partial charge in [0.15, 0.2) is 5.65 Å². The SMILES string of the molecule is C=CCCOCCNc1nc2cc(C)ccn2n1. The van der Waals surface area contributed by atoms with Crippen molar-refractivity contribution in [3.63, 3.8) is 0 Å². The van der Waals surface area contributed by atoms with Gasteiger partial charge in [-0.2, -0.15) is 4.98 Å². The summed E-state index contributed by atoms with van der Waals surface area (Å²) < 4.78 is 7.15. The maximum absolute atomic E-state index is 5.39. The number of nitrogens with zero attached hydrogens (tertiary/aromatic N) is 3. The Bertz CT molecular complexity index is 521. The summed E-state index contributed by atoms with van der Waals surface area (Å²) in [7, 11) is 0. The monoisotopic (exact) mass is 246 g/mol. The van der Waals surface area contributed by atoms with Crippen LogP contribution in [0.3, 0.4) is 0 Å². The minimum Gasteiger partial charge on any atom is -0.379 e. The first-order valence-corrected chi connectivity index (χ1v) is 6.05. The lowest BCUT2D eigenvalue weighted by Gasteiger charge is -2.02. The van der Waals surface area contributed by atoms with Gasteiger partial charge in [-0.15, -0.1) is 11.7 Å². The minimum atomic E-state index is 0.632. The van der Waals surface area contributed by atoms with Crippen molar-refractivity contribution in [2.75, 3.05) is 25.1 Å². The number of aromatic nitrogens is 3. The van der Waals surface area contributed by atoms with E-state index in [4.69, 9.17) is 4.74 Å². The summed E-state index contributed by atoms with van der Waals surface area (Å²) in [6, 6.07) is 4.00. The molecule has 0 saturated heterocycles. The first-order chi connectivity index (χ1) is 8.79. The van der Waals surface area contributed by atoms with Gasteiger partial charge in [0.05, 0.1) is 13.2 Å². The third-order valence-electron chi connectivity index (χ3n) is 2.49. The van der Waals surface area contributed by atoms with Crippen LogP contribution in [0.15, 0.2) is 31.0 Å². The Balaban J connectivity index is 1.82. The highest BCUT2D eigenvalue weighted by molar-refractivity contribution is 5.45. The van der Waals surface area contributed by atoms with E-state index in [1.54, 1.807) is 4.52 Å². The van der Waals surface area contributed by atoms with Gasteiger partial charge in [0.1, 0.15) is 0 Å². The van der Waals surface area contributed by atoms with Gasteiger partial charge in [-0.25, -0.2) is 4.52 Å². The Morgan fingerprint density at radius 2 is 2.39 bits per heavy atom. The topological polar surface area (TPSA) is 51.5 Å². The molecule has 0 aromatic carbocycles. The van der Waals surface area contributed by atoms with E-state index in [2.05, 4.69) is 22.0 Å². The van der Waals surface area contributed by atoms with Gasteiger partial charge in [0, 0.05) is 12.7 Å². The highest BCUT2D eigenvalue weighted by Crippen LogP contribution is 2.06. The second kappa shape index (κ2) is 6.16. The number of anilines is 1. The fraction of sp³-hybridized carbons (Fsp3) is 0.385. The van der Waals surface area contributed by atoms with Gasteiger partial charge >= 0.3 is 0 Å². The number of nitrogens with one attached hydrogen (secondary N) is 1. The normalized spacial score (nSPS) is 10.7. The van der Waals surface area contributed by atoms with Gasteiger partial charge < -0.3 is 10.1 Å². The largest absolute Gasteiger partial charge is 0.379 e. The number of ether oxygens (including phenoxy) is 1. The fourth-order valence-corrected chi connectivity index (χ4v) is 1.56. The zero-order valence-electron chi connectivity index (χ0n) is 10.6. The molecule has 96 valence electrons. The molecule has 0 aliphatic carbocycles. The first-order valence-electron chi connectivity index (χ1n) is 6.05. The van der Waals surface area contributed by atoms with Crippen LogP contribution in [0.25, 0.3) is 5.65 Å². The van der Waals surface area contributed by atoms with Crippen LogP contribution in [0.5, 0.6) is 0 Å². The number of aryl methyl sites for hydroxylation is 1. The predicted octanol–water partition coefficient (Wildman–Crippen LogP) is 2.04. The second-order valence-corrected chi connectivity index (χ2v) is 4.06. The quantitative estimate of drug-likeness (QED) is 0.600. The van der Waals surface area contributed by atoms with Crippen molar-refractivity contribution in [1.29, 1.82) is 0 Å². The summed E-state index contributed by atoms with van der Waals surface area (Å²) in [5.41, 5.74) is 2.03. The average Bonchev–Trinajstić information content (AvgIpc) is 2.75. The van der Waals surface area contributed by atoms with Gasteiger partial charge in [-0.3, -0.25) is 0 Å². The molecular formula is C13H18N4O. The summed E-state index contributed by atoms with van der Waals surface area (Å²) in [6.45, 7) is 7.73. The Morgan fingerprint density at radius 1 is 1.50 bits per heavy atom. The molecular weight excluding hydrogens is 228 g/mol. The molecule has 0 aliphatic heterocycles. The predicted molar refractivity (Wildman–Crippen MR) is 71.8 cm³/mol. The highest BCUT2D eigenvalue weighted by Gasteiger charge is 2.02. The summed E-state index contributed by atoms with van der Waals surface area (Å²) in [5, 5.41) is 7.45. The molecule has 2 heterocycles. The molecule has 1 N–H and O–H groups in total. The van der Waals surface area contributed by atoms with Crippen molar-refractivity contribution < 1.29 is 4.74 Å². The summed E-state index contributed by atoms with van der Waals surface area (Å²) in [5.74, 6) is 0.632. The van der Waals surface area contributed by atoms with Crippen molar-refractivity contribution in [3.8, 4) is 0 Å². The van der Waals surface area contributed by atoms with E-state index in [0.717, 1.165) is 12.1 Å². The molecule has 0 amide bonds. The molecule has 0 spiro atoms. The lowest BCUT2D eigenvalue weighted by molar-refractivity contribution is 0.149. The second-order valence-electron chi connectivity index (χ2n) is 4.06. The minimum absolute atomic E-state index is 0.632. The van der Waals surface area contributed by atoms with Crippen LogP contribution in [-0.4, -0.2) is 34.4 Å².